The van der Waals surface area contributed by atoms with Crippen LogP contribution in [0.2, 0.25) is 0 Å². The minimum atomic E-state index is -0.0849. The average Bonchev–Trinajstić information content (AvgIpc) is 2.52. The van der Waals surface area contributed by atoms with E-state index >= 15 is 0 Å². The van der Waals surface area contributed by atoms with E-state index in [0.717, 1.165) is 25.9 Å². The van der Waals surface area contributed by atoms with Gasteiger partial charge in [0.25, 0.3) is 0 Å². The summed E-state index contributed by atoms with van der Waals surface area (Å²) in [5.41, 5.74) is 0.138. The van der Waals surface area contributed by atoms with Crippen LogP contribution in [0.4, 0.5) is 0 Å². The van der Waals surface area contributed by atoms with Crippen LogP contribution >= 0.6 is 0 Å². The first-order valence-electron chi connectivity index (χ1n) is 8.30. The van der Waals surface area contributed by atoms with Gasteiger partial charge in [0.15, 0.2) is 0 Å². The van der Waals surface area contributed by atoms with E-state index in [1.165, 1.54) is 19.3 Å². The standard InChI is InChI=1S/C16H28N2O3/c1-3-14(19)17-11-15(20)18-12-10-13(21-4-2)16(12)8-6-5-7-9-16/h12-13H,3-11H2,1-2H3,(H,17,19)(H,18,20). The highest BCUT2D eigenvalue weighted by molar-refractivity contribution is 5.84. The Labute approximate surface area is 127 Å². The van der Waals surface area contributed by atoms with Gasteiger partial charge in [0, 0.05) is 24.5 Å². The molecule has 2 unspecified atom stereocenters. The zero-order valence-electron chi connectivity index (χ0n) is 13.2. The molecule has 0 heterocycles. The highest BCUT2D eigenvalue weighted by Crippen LogP contribution is 2.53. The molecular formula is C16H28N2O3. The first-order chi connectivity index (χ1) is 10.1. The van der Waals surface area contributed by atoms with Crippen molar-refractivity contribution in [3.63, 3.8) is 0 Å². The minimum absolute atomic E-state index is 0.0818. The summed E-state index contributed by atoms with van der Waals surface area (Å²) in [7, 11) is 0. The van der Waals surface area contributed by atoms with Crippen molar-refractivity contribution in [1.82, 2.24) is 10.6 Å². The monoisotopic (exact) mass is 296 g/mol. The Balaban J connectivity index is 1.87. The van der Waals surface area contributed by atoms with E-state index in [9.17, 15) is 9.59 Å². The smallest absolute Gasteiger partial charge is 0.239 e. The number of ether oxygens (including phenoxy) is 1. The zero-order chi connectivity index (χ0) is 15.3. The summed E-state index contributed by atoms with van der Waals surface area (Å²) in [4.78, 5) is 23.2. The van der Waals surface area contributed by atoms with Crippen LogP contribution in [0, 0.1) is 5.41 Å². The Morgan fingerprint density at radius 2 is 1.86 bits per heavy atom. The van der Waals surface area contributed by atoms with Gasteiger partial charge in [-0.1, -0.05) is 26.2 Å². The summed E-state index contributed by atoms with van der Waals surface area (Å²) in [6.07, 6.45) is 7.62. The van der Waals surface area contributed by atoms with Gasteiger partial charge in [-0.3, -0.25) is 9.59 Å². The number of hydrogen-bond acceptors (Lipinski definition) is 3. The molecule has 2 amide bonds. The van der Waals surface area contributed by atoms with Crippen molar-refractivity contribution in [2.75, 3.05) is 13.2 Å². The third-order valence-corrected chi connectivity index (χ3v) is 5.04. The average molecular weight is 296 g/mol. The van der Waals surface area contributed by atoms with Crippen molar-refractivity contribution in [3.05, 3.63) is 0 Å². The predicted octanol–water partition coefficient (Wildman–Crippen LogP) is 1.76. The molecule has 0 aromatic heterocycles. The number of hydrogen-bond donors (Lipinski definition) is 2. The van der Waals surface area contributed by atoms with E-state index in [1.807, 2.05) is 6.92 Å². The van der Waals surface area contributed by atoms with Crippen molar-refractivity contribution in [2.45, 2.75) is 70.9 Å². The molecule has 2 N–H and O–H groups in total. The van der Waals surface area contributed by atoms with Crippen LogP contribution in [0.3, 0.4) is 0 Å². The maximum Gasteiger partial charge on any atom is 0.239 e. The van der Waals surface area contributed by atoms with Gasteiger partial charge in [-0.15, -0.1) is 0 Å². The second-order valence-electron chi connectivity index (χ2n) is 6.22. The molecule has 1 spiro atoms. The van der Waals surface area contributed by atoms with Gasteiger partial charge in [-0.2, -0.15) is 0 Å². The van der Waals surface area contributed by atoms with Gasteiger partial charge in [0.05, 0.1) is 12.6 Å². The predicted molar refractivity (Wildman–Crippen MR) is 80.8 cm³/mol. The third kappa shape index (κ3) is 3.57. The molecule has 2 saturated carbocycles. The van der Waals surface area contributed by atoms with Gasteiger partial charge in [0.1, 0.15) is 0 Å². The van der Waals surface area contributed by atoms with Gasteiger partial charge < -0.3 is 15.4 Å². The lowest BCUT2D eigenvalue weighted by molar-refractivity contribution is -0.156. The van der Waals surface area contributed by atoms with Gasteiger partial charge >= 0.3 is 0 Å². The second-order valence-corrected chi connectivity index (χ2v) is 6.22. The molecule has 0 radical (unpaired) electrons. The Hall–Kier alpha value is -1.10. The van der Waals surface area contributed by atoms with Crippen molar-refractivity contribution in [2.24, 2.45) is 5.41 Å². The first kappa shape index (κ1) is 16.3. The number of nitrogens with one attached hydrogen (secondary N) is 2. The fraction of sp³-hybridized carbons (Fsp3) is 0.875. The molecule has 0 aliphatic heterocycles. The van der Waals surface area contributed by atoms with E-state index in [0.29, 0.717) is 12.5 Å². The van der Waals surface area contributed by atoms with E-state index in [-0.39, 0.29) is 29.8 Å². The number of carbonyl (C=O) groups is 2. The van der Waals surface area contributed by atoms with E-state index < -0.39 is 0 Å². The summed E-state index contributed by atoms with van der Waals surface area (Å²) in [5, 5.41) is 5.74. The topological polar surface area (TPSA) is 67.4 Å². The molecule has 2 fully saturated rings. The normalized spacial score (nSPS) is 27.0. The molecule has 2 aliphatic rings. The summed E-state index contributed by atoms with van der Waals surface area (Å²) in [5.74, 6) is -0.167. The van der Waals surface area contributed by atoms with Crippen LogP contribution in [0.1, 0.15) is 58.8 Å². The summed E-state index contributed by atoms with van der Waals surface area (Å²) in [6.45, 7) is 4.63. The molecule has 5 heteroatoms. The molecule has 2 atom stereocenters. The van der Waals surface area contributed by atoms with Crippen LogP contribution in [0.25, 0.3) is 0 Å². The van der Waals surface area contributed by atoms with Crippen LogP contribution < -0.4 is 10.6 Å². The molecule has 2 aliphatic carbocycles. The fourth-order valence-electron chi connectivity index (χ4n) is 3.81. The molecule has 0 bridgehead atoms. The lowest BCUT2D eigenvalue weighted by atomic mass is 9.55. The number of rotatable bonds is 6. The van der Waals surface area contributed by atoms with Crippen LogP contribution in [-0.2, 0) is 14.3 Å². The molecule has 0 aromatic carbocycles. The molecule has 5 nitrogen and oxygen atoms in total. The largest absolute Gasteiger partial charge is 0.378 e. The number of carbonyl (C=O) groups excluding carboxylic acids is 2. The molecule has 0 saturated heterocycles. The molecule has 0 aromatic rings. The van der Waals surface area contributed by atoms with Crippen LogP contribution in [0.5, 0.6) is 0 Å². The van der Waals surface area contributed by atoms with E-state index in [2.05, 4.69) is 10.6 Å². The maximum atomic E-state index is 12.0. The SMILES string of the molecule is CCOC1CC(NC(=O)CNC(=O)CC)C12CCCCC2. The Morgan fingerprint density at radius 3 is 2.48 bits per heavy atom. The van der Waals surface area contributed by atoms with Crippen molar-refractivity contribution in [3.8, 4) is 0 Å². The summed E-state index contributed by atoms with van der Waals surface area (Å²) in [6, 6.07) is 0.209. The quantitative estimate of drug-likeness (QED) is 0.785. The van der Waals surface area contributed by atoms with Crippen molar-refractivity contribution < 1.29 is 14.3 Å². The van der Waals surface area contributed by atoms with E-state index in [1.54, 1.807) is 6.92 Å². The van der Waals surface area contributed by atoms with Gasteiger partial charge in [-0.25, -0.2) is 0 Å². The van der Waals surface area contributed by atoms with Gasteiger partial charge in [0.2, 0.25) is 11.8 Å². The maximum absolute atomic E-state index is 12.0. The summed E-state index contributed by atoms with van der Waals surface area (Å²) >= 11 is 0. The number of amides is 2. The highest BCUT2D eigenvalue weighted by atomic mass is 16.5. The minimum Gasteiger partial charge on any atom is -0.378 e. The van der Waals surface area contributed by atoms with Crippen molar-refractivity contribution >= 4 is 11.8 Å². The van der Waals surface area contributed by atoms with Crippen LogP contribution in [-0.4, -0.2) is 37.1 Å². The second kappa shape index (κ2) is 7.25. The lowest BCUT2D eigenvalue weighted by Crippen LogP contribution is -2.66. The van der Waals surface area contributed by atoms with Crippen LogP contribution in [0.15, 0.2) is 0 Å². The molecule has 2 rings (SSSR count). The third-order valence-electron chi connectivity index (χ3n) is 5.04. The Kier molecular flexibility index (Phi) is 5.62. The summed E-state index contributed by atoms with van der Waals surface area (Å²) < 4.78 is 5.88. The van der Waals surface area contributed by atoms with E-state index in [4.69, 9.17) is 4.74 Å². The Bertz CT molecular complexity index is 378. The lowest BCUT2D eigenvalue weighted by Gasteiger charge is -2.57. The molecule has 21 heavy (non-hydrogen) atoms. The first-order valence-corrected chi connectivity index (χ1v) is 8.30. The molecular weight excluding hydrogens is 268 g/mol. The molecule has 120 valence electrons. The van der Waals surface area contributed by atoms with Gasteiger partial charge in [-0.05, 0) is 26.2 Å². The highest BCUT2D eigenvalue weighted by Gasteiger charge is 2.55. The zero-order valence-corrected chi connectivity index (χ0v) is 13.2. The fourth-order valence-corrected chi connectivity index (χ4v) is 3.81. The van der Waals surface area contributed by atoms with Crippen molar-refractivity contribution in [1.29, 1.82) is 0 Å². The Morgan fingerprint density at radius 1 is 1.14 bits per heavy atom.